The number of hydrogen-bond acceptors (Lipinski definition) is 2. The number of carbonyl (C=O) groups excluding carboxylic acids is 2. The van der Waals surface area contributed by atoms with Crippen LogP contribution in [0.5, 0.6) is 0 Å². The Hall–Kier alpha value is -1.19. The van der Waals surface area contributed by atoms with Crippen molar-refractivity contribution in [1.82, 2.24) is 0 Å². The molecule has 1 aromatic rings. The average molecular weight is 275 g/mol. The van der Waals surface area contributed by atoms with Crippen molar-refractivity contribution in [1.29, 1.82) is 0 Å². The topological polar surface area (TPSA) is 34.1 Å². The fraction of sp³-hybridized carbons (Fsp3) is 0.167. The van der Waals surface area contributed by atoms with Crippen molar-refractivity contribution in [2.75, 3.05) is 5.88 Å². The quantitative estimate of drug-likeness (QED) is 0.366. The van der Waals surface area contributed by atoms with Gasteiger partial charge in [0, 0.05) is 0 Å². The van der Waals surface area contributed by atoms with Crippen LogP contribution < -0.4 is 0 Å². The summed E-state index contributed by atoms with van der Waals surface area (Å²) >= 11 is 11.2. The maximum Gasteiger partial charge on any atom is 0.181 e. The zero-order valence-corrected chi connectivity index (χ0v) is 10.5. The van der Waals surface area contributed by atoms with Crippen LogP contribution in [0.2, 0.25) is 5.02 Å². The van der Waals surface area contributed by atoms with Gasteiger partial charge in [0.25, 0.3) is 0 Å². The molecule has 1 aromatic carbocycles. The highest BCUT2D eigenvalue weighted by molar-refractivity contribution is 6.37. The van der Waals surface area contributed by atoms with E-state index in [0.29, 0.717) is 5.56 Å². The van der Waals surface area contributed by atoms with Crippen molar-refractivity contribution in [2.24, 2.45) is 0 Å². The highest BCUT2D eigenvalue weighted by atomic mass is 35.5. The SMILES string of the molecule is CC(=O)C(=Cc1ccc(F)cc1Cl)C(=O)CCl. The maximum atomic E-state index is 12.8. The molecule has 0 saturated heterocycles. The van der Waals surface area contributed by atoms with Gasteiger partial charge >= 0.3 is 0 Å². The summed E-state index contributed by atoms with van der Waals surface area (Å²) in [6, 6.07) is 3.69. The minimum atomic E-state index is -0.487. The van der Waals surface area contributed by atoms with E-state index in [1.165, 1.54) is 25.1 Å². The Morgan fingerprint density at radius 2 is 2.06 bits per heavy atom. The minimum absolute atomic E-state index is 0.0477. The zero-order valence-electron chi connectivity index (χ0n) is 8.97. The maximum absolute atomic E-state index is 12.8. The van der Waals surface area contributed by atoms with Crippen LogP contribution in [-0.2, 0) is 9.59 Å². The lowest BCUT2D eigenvalue weighted by Gasteiger charge is -2.02. The van der Waals surface area contributed by atoms with Gasteiger partial charge in [0.1, 0.15) is 5.82 Å². The fourth-order valence-electron chi connectivity index (χ4n) is 1.22. The average Bonchev–Trinajstić information content (AvgIpc) is 2.26. The number of hydrogen-bond donors (Lipinski definition) is 0. The Labute approximate surface area is 108 Å². The normalized spacial score (nSPS) is 11.4. The molecule has 0 aromatic heterocycles. The van der Waals surface area contributed by atoms with Gasteiger partial charge < -0.3 is 0 Å². The minimum Gasteiger partial charge on any atom is -0.294 e. The first-order valence-corrected chi connectivity index (χ1v) is 5.63. The molecule has 0 unspecified atom stereocenters. The van der Waals surface area contributed by atoms with Gasteiger partial charge in [-0.15, -0.1) is 11.6 Å². The van der Waals surface area contributed by atoms with E-state index >= 15 is 0 Å². The summed E-state index contributed by atoms with van der Waals surface area (Å²) in [5, 5.41) is 0.131. The van der Waals surface area contributed by atoms with E-state index in [4.69, 9.17) is 23.2 Å². The lowest BCUT2D eigenvalue weighted by molar-refractivity contribution is -0.119. The largest absolute Gasteiger partial charge is 0.294 e. The van der Waals surface area contributed by atoms with Gasteiger partial charge in [-0.05, 0) is 30.7 Å². The summed E-state index contributed by atoms with van der Waals surface area (Å²) in [7, 11) is 0. The van der Waals surface area contributed by atoms with E-state index in [0.717, 1.165) is 6.07 Å². The number of allylic oxidation sites excluding steroid dienone is 1. The van der Waals surface area contributed by atoms with Gasteiger partial charge in [0.05, 0.1) is 16.5 Å². The van der Waals surface area contributed by atoms with E-state index in [2.05, 4.69) is 0 Å². The highest BCUT2D eigenvalue weighted by Gasteiger charge is 2.14. The molecule has 0 aliphatic heterocycles. The van der Waals surface area contributed by atoms with Crippen LogP contribution in [0.1, 0.15) is 12.5 Å². The van der Waals surface area contributed by atoms with Crippen molar-refractivity contribution in [3.8, 4) is 0 Å². The number of halogens is 3. The van der Waals surface area contributed by atoms with Crippen molar-refractivity contribution < 1.29 is 14.0 Å². The fourth-order valence-corrected chi connectivity index (χ4v) is 1.59. The molecule has 5 heteroatoms. The third-order valence-corrected chi connectivity index (χ3v) is 2.63. The van der Waals surface area contributed by atoms with E-state index in [9.17, 15) is 14.0 Å². The van der Waals surface area contributed by atoms with E-state index < -0.39 is 17.4 Å². The van der Waals surface area contributed by atoms with Crippen LogP contribution in [0.3, 0.4) is 0 Å². The number of benzene rings is 1. The second-order valence-electron chi connectivity index (χ2n) is 3.34. The lowest BCUT2D eigenvalue weighted by Crippen LogP contribution is -2.11. The summed E-state index contributed by atoms with van der Waals surface area (Å²) in [6.45, 7) is 1.26. The Morgan fingerprint density at radius 1 is 1.41 bits per heavy atom. The molecule has 0 atom stereocenters. The van der Waals surface area contributed by atoms with Crippen LogP contribution in [0.15, 0.2) is 23.8 Å². The lowest BCUT2D eigenvalue weighted by atomic mass is 10.0. The number of rotatable bonds is 4. The van der Waals surface area contributed by atoms with Crippen LogP contribution in [0, 0.1) is 5.82 Å². The van der Waals surface area contributed by atoms with Gasteiger partial charge in [0.2, 0.25) is 0 Å². The van der Waals surface area contributed by atoms with Crippen LogP contribution in [-0.4, -0.2) is 17.4 Å². The molecule has 2 nitrogen and oxygen atoms in total. The monoisotopic (exact) mass is 274 g/mol. The number of carbonyl (C=O) groups is 2. The van der Waals surface area contributed by atoms with Crippen LogP contribution in [0.4, 0.5) is 4.39 Å². The van der Waals surface area contributed by atoms with Gasteiger partial charge in [-0.2, -0.15) is 0 Å². The third-order valence-electron chi connectivity index (χ3n) is 2.06. The predicted octanol–water partition coefficient (Wildman–Crippen LogP) is 3.26. The molecule has 0 fully saturated rings. The Balaban J connectivity index is 3.22. The van der Waals surface area contributed by atoms with E-state index in [1.54, 1.807) is 0 Å². The molecule has 0 bridgehead atoms. The number of ketones is 2. The summed E-state index contributed by atoms with van der Waals surface area (Å²) in [5.74, 6) is -1.67. The van der Waals surface area contributed by atoms with Crippen molar-refractivity contribution >= 4 is 40.8 Å². The molecule has 17 heavy (non-hydrogen) atoms. The summed E-state index contributed by atoms with van der Waals surface area (Å²) in [4.78, 5) is 22.7. The Bertz CT molecular complexity index is 495. The zero-order chi connectivity index (χ0) is 13.0. The molecule has 0 spiro atoms. The molecule has 0 N–H and O–H groups in total. The van der Waals surface area contributed by atoms with Crippen LogP contribution >= 0.6 is 23.2 Å². The highest BCUT2D eigenvalue weighted by Crippen LogP contribution is 2.20. The molecule has 0 heterocycles. The summed E-state index contributed by atoms with van der Waals surface area (Å²) < 4.78 is 12.8. The molecule has 0 aliphatic carbocycles. The predicted molar refractivity (Wildman–Crippen MR) is 65.8 cm³/mol. The number of alkyl halides is 1. The summed E-state index contributed by atoms with van der Waals surface area (Å²) in [6.07, 6.45) is 1.31. The third kappa shape index (κ3) is 3.65. The molecular formula is C12H9Cl2FO2. The van der Waals surface area contributed by atoms with Gasteiger partial charge in [-0.1, -0.05) is 17.7 Å². The first-order chi connectivity index (χ1) is 7.95. The van der Waals surface area contributed by atoms with E-state index in [-0.39, 0.29) is 16.5 Å². The Morgan fingerprint density at radius 3 is 2.53 bits per heavy atom. The Kier molecular flexibility index (Phi) is 4.85. The molecule has 90 valence electrons. The van der Waals surface area contributed by atoms with Crippen LogP contribution in [0.25, 0.3) is 6.08 Å². The molecule has 0 amide bonds. The van der Waals surface area contributed by atoms with Gasteiger partial charge in [-0.25, -0.2) is 4.39 Å². The first kappa shape index (κ1) is 13.9. The van der Waals surface area contributed by atoms with Crippen molar-refractivity contribution in [3.63, 3.8) is 0 Å². The van der Waals surface area contributed by atoms with Gasteiger partial charge in [-0.3, -0.25) is 9.59 Å². The van der Waals surface area contributed by atoms with Crippen molar-refractivity contribution in [3.05, 3.63) is 40.2 Å². The number of Topliss-reactive ketones (excluding diaryl/α,β-unsaturated/α-hetero) is 2. The first-order valence-electron chi connectivity index (χ1n) is 4.72. The molecule has 0 saturated carbocycles. The summed E-state index contributed by atoms with van der Waals surface area (Å²) in [5.41, 5.74) is 0.352. The smallest absolute Gasteiger partial charge is 0.181 e. The second kappa shape index (κ2) is 5.94. The van der Waals surface area contributed by atoms with E-state index in [1.807, 2.05) is 0 Å². The molecule has 1 rings (SSSR count). The molecule has 0 radical (unpaired) electrons. The van der Waals surface area contributed by atoms with Crippen molar-refractivity contribution in [2.45, 2.75) is 6.92 Å². The molecular weight excluding hydrogens is 266 g/mol. The second-order valence-corrected chi connectivity index (χ2v) is 4.01. The standard InChI is InChI=1S/C12H9Cl2FO2/c1-7(16)10(12(17)6-13)4-8-2-3-9(15)5-11(8)14/h2-5H,6H2,1H3. The van der Waals surface area contributed by atoms with Gasteiger partial charge in [0.15, 0.2) is 11.6 Å². The molecule has 0 aliphatic rings.